The van der Waals surface area contributed by atoms with Gasteiger partial charge in [-0.2, -0.15) is 0 Å². The standard InChI is InChI=1S/C15H33NO3/c1-14(2)8-7-11-19-13-15(17)12-16-9-5-4-6-10-18-3/h14-17H,4-13H2,1-3H3. The molecule has 0 amide bonds. The molecule has 116 valence electrons. The van der Waals surface area contributed by atoms with E-state index in [0.717, 1.165) is 44.9 Å². The second-order valence-electron chi connectivity index (χ2n) is 5.52. The van der Waals surface area contributed by atoms with Crippen LogP contribution in [0.25, 0.3) is 0 Å². The Morgan fingerprint density at radius 2 is 1.84 bits per heavy atom. The fourth-order valence-corrected chi connectivity index (χ4v) is 1.81. The smallest absolute Gasteiger partial charge is 0.0897 e. The second kappa shape index (κ2) is 14.3. The number of unbranched alkanes of at least 4 members (excludes halogenated alkanes) is 2. The third kappa shape index (κ3) is 15.8. The van der Waals surface area contributed by atoms with Gasteiger partial charge in [-0.3, -0.25) is 0 Å². The van der Waals surface area contributed by atoms with Gasteiger partial charge in [-0.15, -0.1) is 0 Å². The molecule has 0 saturated heterocycles. The summed E-state index contributed by atoms with van der Waals surface area (Å²) < 4.78 is 10.4. The lowest BCUT2D eigenvalue weighted by Gasteiger charge is -2.12. The molecule has 4 heteroatoms. The van der Waals surface area contributed by atoms with E-state index < -0.39 is 6.10 Å². The maximum Gasteiger partial charge on any atom is 0.0897 e. The van der Waals surface area contributed by atoms with Crippen molar-refractivity contribution in [1.29, 1.82) is 0 Å². The molecule has 0 radical (unpaired) electrons. The fraction of sp³-hybridized carbons (Fsp3) is 1.00. The molecule has 0 aliphatic heterocycles. The van der Waals surface area contributed by atoms with Gasteiger partial charge in [-0.1, -0.05) is 13.8 Å². The first-order valence-electron chi connectivity index (χ1n) is 7.62. The van der Waals surface area contributed by atoms with Crippen LogP contribution in [-0.4, -0.2) is 51.2 Å². The highest BCUT2D eigenvalue weighted by Crippen LogP contribution is 2.03. The molecule has 0 fully saturated rings. The van der Waals surface area contributed by atoms with Gasteiger partial charge in [0.15, 0.2) is 0 Å². The van der Waals surface area contributed by atoms with Crippen LogP contribution in [0.2, 0.25) is 0 Å². The van der Waals surface area contributed by atoms with Gasteiger partial charge in [-0.05, 0) is 44.6 Å². The van der Waals surface area contributed by atoms with Crippen LogP contribution in [0.1, 0.15) is 46.0 Å². The zero-order valence-electron chi connectivity index (χ0n) is 13.0. The van der Waals surface area contributed by atoms with Crippen LogP contribution in [-0.2, 0) is 9.47 Å². The van der Waals surface area contributed by atoms with Crippen molar-refractivity contribution < 1.29 is 14.6 Å². The molecule has 0 aliphatic carbocycles. The van der Waals surface area contributed by atoms with Crippen molar-refractivity contribution in [3.8, 4) is 0 Å². The Morgan fingerprint density at radius 1 is 1.05 bits per heavy atom. The summed E-state index contributed by atoms with van der Waals surface area (Å²) in [6.07, 6.45) is 5.29. The monoisotopic (exact) mass is 275 g/mol. The number of aliphatic hydroxyl groups is 1. The summed E-state index contributed by atoms with van der Waals surface area (Å²) in [5.74, 6) is 0.730. The first kappa shape index (κ1) is 18.8. The van der Waals surface area contributed by atoms with Crippen molar-refractivity contribution in [2.45, 2.75) is 52.1 Å². The Labute approximate surface area is 118 Å². The zero-order chi connectivity index (χ0) is 14.3. The predicted octanol–water partition coefficient (Wildman–Crippen LogP) is 2.21. The van der Waals surface area contributed by atoms with Crippen molar-refractivity contribution in [1.82, 2.24) is 5.32 Å². The lowest BCUT2D eigenvalue weighted by molar-refractivity contribution is 0.0348. The molecule has 0 heterocycles. The molecule has 0 aromatic carbocycles. The van der Waals surface area contributed by atoms with Crippen molar-refractivity contribution in [2.75, 3.05) is 40.0 Å². The summed E-state index contributed by atoms with van der Waals surface area (Å²) in [6, 6.07) is 0. The second-order valence-corrected chi connectivity index (χ2v) is 5.52. The Balaban J connectivity index is 3.14. The van der Waals surface area contributed by atoms with Gasteiger partial charge >= 0.3 is 0 Å². The number of nitrogens with one attached hydrogen (secondary N) is 1. The average Bonchev–Trinajstić information content (AvgIpc) is 2.37. The highest BCUT2D eigenvalue weighted by molar-refractivity contribution is 4.58. The lowest BCUT2D eigenvalue weighted by atomic mass is 10.1. The van der Waals surface area contributed by atoms with Crippen molar-refractivity contribution >= 4 is 0 Å². The lowest BCUT2D eigenvalue weighted by Crippen LogP contribution is -2.31. The van der Waals surface area contributed by atoms with Crippen LogP contribution in [0.5, 0.6) is 0 Å². The highest BCUT2D eigenvalue weighted by Gasteiger charge is 2.03. The van der Waals surface area contributed by atoms with Gasteiger partial charge in [0.1, 0.15) is 0 Å². The predicted molar refractivity (Wildman–Crippen MR) is 79.5 cm³/mol. The van der Waals surface area contributed by atoms with Gasteiger partial charge in [0.05, 0.1) is 12.7 Å². The quantitative estimate of drug-likeness (QED) is 0.477. The minimum absolute atomic E-state index is 0.391. The van der Waals surface area contributed by atoms with Crippen molar-refractivity contribution in [3.63, 3.8) is 0 Å². The van der Waals surface area contributed by atoms with Gasteiger partial charge in [-0.25, -0.2) is 0 Å². The number of hydrogen-bond acceptors (Lipinski definition) is 4. The average molecular weight is 275 g/mol. The Hall–Kier alpha value is -0.160. The Morgan fingerprint density at radius 3 is 2.53 bits per heavy atom. The largest absolute Gasteiger partial charge is 0.389 e. The summed E-state index contributed by atoms with van der Waals surface area (Å²) in [5.41, 5.74) is 0. The van der Waals surface area contributed by atoms with Gasteiger partial charge in [0, 0.05) is 26.9 Å². The molecule has 19 heavy (non-hydrogen) atoms. The number of methoxy groups -OCH3 is 1. The van der Waals surface area contributed by atoms with E-state index in [9.17, 15) is 5.11 Å². The normalized spacial score (nSPS) is 13.1. The molecule has 0 aliphatic rings. The molecule has 4 nitrogen and oxygen atoms in total. The van der Waals surface area contributed by atoms with E-state index in [-0.39, 0.29) is 0 Å². The third-order valence-corrected chi connectivity index (χ3v) is 2.96. The number of ether oxygens (including phenoxy) is 2. The van der Waals surface area contributed by atoms with E-state index >= 15 is 0 Å². The summed E-state index contributed by atoms with van der Waals surface area (Å²) >= 11 is 0. The third-order valence-electron chi connectivity index (χ3n) is 2.96. The molecule has 1 atom stereocenters. The van der Waals surface area contributed by atoms with E-state index in [1.807, 2.05) is 0 Å². The molecule has 2 N–H and O–H groups in total. The molecular formula is C15H33NO3. The molecule has 0 saturated carbocycles. The van der Waals surface area contributed by atoms with Crippen LogP contribution < -0.4 is 5.32 Å². The van der Waals surface area contributed by atoms with Crippen molar-refractivity contribution in [3.05, 3.63) is 0 Å². The van der Waals surface area contributed by atoms with Crippen LogP contribution >= 0.6 is 0 Å². The highest BCUT2D eigenvalue weighted by atomic mass is 16.5. The molecular weight excluding hydrogens is 242 g/mol. The van der Waals surface area contributed by atoms with Crippen LogP contribution in [0, 0.1) is 5.92 Å². The molecule has 0 aromatic heterocycles. The minimum Gasteiger partial charge on any atom is -0.389 e. The topological polar surface area (TPSA) is 50.7 Å². The molecule has 0 spiro atoms. The van der Waals surface area contributed by atoms with Crippen LogP contribution in [0.4, 0.5) is 0 Å². The van der Waals surface area contributed by atoms with E-state index in [1.165, 1.54) is 12.8 Å². The SMILES string of the molecule is COCCCCCNCC(O)COCCCC(C)C. The summed E-state index contributed by atoms with van der Waals surface area (Å²) in [5, 5.41) is 12.9. The Bertz CT molecular complexity index is 177. The maximum atomic E-state index is 9.69. The van der Waals surface area contributed by atoms with Crippen LogP contribution in [0.15, 0.2) is 0 Å². The van der Waals surface area contributed by atoms with Crippen molar-refractivity contribution in [2.24, 2.45) is 5.92 Å². The van der Waals surface area contributed by atoms with Crippen LogP contribution in [0.3, 0.4) is 0 Å². The number of aliphatic hydroxyl groups excluding tert-OH is 1. The summed E-state index contributed by atoms with van der Waals surface area (Å²) in [7, 11) is 1.73. The van der Waals surface area contributed by atoms with E-state index in [0.29, 0.717) is 13.2 Å². The van der Waals surface area contributed by atoms with Gasteiger partial charge < -0.3 is 19.9 Å². The van der Waals surface area contributed by atoms with E-state index in [2.05, 4.69) is 19.2 Å². The number of hydrogen-bond donors (Lipinski definition) is 2. The Kier molecular flexibility index (Phi) is 14.1. The maximum absolute atomic E-state index is 9.69. The number of rotatable bonds is 14. The molecule has 0 aromatic rings. The minimum atomic E-state index is -0.391. The van der Waals surface area contributed by atoms with E-state index in [1.54, 1.807) is 7.11 Å². The first-order valence-corrected chi connectivity index (χ1v) is 7.62. The first-order chi connectivity index (χ1) is 9.16. The fourth-order valence-electron chi connectivity index (χ4n) is 1.81. The van der Waals surface area contributed by atoms with E-state index in [4.69, 9.17) is 9.47 Å². The molecule has 1 unspecified atom stereocenters. The van der Waals surface area contributed by atoms with Gasteiger partial charge in [0.2, 0.25) is 0 Å². The summed E-state index contributed by atoms with van der Waals surface area (Å²) in [6.45, 7) is 8.03. The molecule has 0 rings (SSSR count). The summed E-state index contributed by atoms with van der Waals surface area (Å²) in [4.78, 5) is 0. The molecule has 0 bridgehead atoms. The van der Waals surface area contributed by atoms with Gasteiger partial charge in [0.25, 0.3) is 0 Å². The zero-order valence-corrected chi connectivity index (χ0v) is 13.0.